The quantitative estimate of drug-likeness (QED) is 0.0322. The zero-order chi connectivity index (χ0) is 61.3. The van der Waals surface area contributed by atoms with Crippen LogP contribution in [-0.2, 0) is 92.7 Å². The zero-order valence-corrected chi connectivity index (χ0v) is 48.4. The number of ether oxygens (including phenoxy) is 14. The Bertz CT molecular complexity index is 3270. The number of aliphatic hydroxyl groups is 3. The molecule has 0 spiro atoms. The molecule has 0 aromatic heterocycles. The van der Waals surface area contributed by atoms with Crippen molar-refractivity contribution in [3.63, 3.8) is 0 Å². The molecule has 3 N–H and O–H groups in total. The molecule has 0 amide bonds. The fraction of sp³-hybridized carbons (Fsp3) is 0.348. The second kappa shape index (κ2) is 31.2. The van der Waals surface area contributed by atoms with Gasteiger partial charge in [0.1, 0.15) is 54.9 Å². The monoisotopic (exact) mass is 1220 g/mol. The predicted molar refractivity (Wildman–Crippen MR) is 315 cm³/mol. The largest absolute Gasteiger partial charge is 0.452 e. The van der Waals surface area contributed by atoms with Crippen molar-refractivity contribution in [3.8, 4) is 0 Å². The van der Waals surface area contributed by atoms with Gasteiger partial charge in [0.15, 0.2) is 43.5 Å². The van der Waals surface area contributed by atoms with Gasteiger partial charge in [-0.3, -0.25) is 0 Å². The smallest absolute Gasteiger partial charge is 0.338 e. The number of aliphatic hydroxyl groups excluding tert-OH is 3. The molecule has 4 fully saturated rings. The summed E-state index contributed by atoms with van der Waals surface area (Å²) in [6.45, 7) is -0.332. The molecule has 11 rings (SSSR count). The molecule has 20 heteroatoms. The summed E-state index contributed by atoms with van der Waals surface area (Å²) in [5.41, 5.74) is 3.96. The Morgan fingerprint density at radius 2 is 0.640 bits per heavy atom. The molecule has 4 heterocycles. The van der Waals surface area contributed by atoms with Crippen LogP contribution in [0.15, 0.2) is 212 Å². The number of benzene rings is 7. The first-order valence-electron chi connectivity index (χ1n) is 29.5. The molecule has 4 aliphatic heterocycles. The van der Waals surface area contributed by atoms with Crippen LogP contribution in [0.3, 0.4) is 0 Å². The third-order valence-corrected chi connectivity index (χ3v) is 15.4. The topological polar surface area (TPSA) is 241 Å². The van der Waals surface area contributed by atoms with Gasteiger partial charge in [-0.15, -0.1) is 0 Å². The standard InChI is InChI=1S/C69H70O20/c70-55-57(78-38-46-26-12-3-13-27-46)51(40-76-36-44-22-8-1-9-23-44)83-67(55)80-43-54-60(89-68-56(71)58(79-39-47-28-14-4-15-29-47)52(84-68)41-77-37-45-24-10-2-11-25-45)62(88-65(74)50-34-20-7-21-35-50)69(85-54)81-42-53-59(86-63(72)48-30-16-5-17-31-48)61(66(75)82-53)87-64(73)49-32-18-6-19-33-49/h1-35,51-62,66-71,75H,36-43H2/t51-,52-,53-,54-,55+,56+,57-,58-,59-,60-,61+,62+,66+,67+,68-,69+/m1/s1. The Morgan fingerprint density at radius 1 is 0.315 bits per heavy atom. The summed E-state index contributed by atoms with van der Waals surface area (Å²) in [5, 5.41) is 35.8. The van der Waals surface area contributed by atoms with Crippen LogP contribution in [0.5, 0.6) is 0 Å². The molecule has 7 aromatic rings. The maximum absolute atomic E-state index is 14.4. The Morgan fingerprint density at radius 3 is 1.08 bits per heavy atom. The molecule has 0 saturated carbocycles. The summed E-state index contributed by atoms with van der Waals surface area (Å²) in [4.78, 5) is 41.7. The summed E-state index contributed by atoms with van der Waals surface area (Å²) in [6.07, 6.45) is -21.5. The van der Waals surface area contributed by atoms with Crippen molar-refractivity contribution in [2.45, 2.75) is 125 Å². The highest BCUT2D eigenvalue weighted by molar-refractivity contribution is 5.91. The molecule has 4 saturated heterocycles. The van der Waals surface area contributed by atoms with Crippen molar-refractivity contribution in [2.24, 2.45) is 0 Å². The summed E-state index contributed by atoms with van der Waals surface area (Å²) in [7, 11) is 0. The number of hydrogen-bond donors (Lipinski definition) is 3. The maximum atomic E-state index is 14.4. The number of carbonyl (C=O) groups is 3. The molecule has 0 unspecified atom stereocenters. The molecule has 0 aliphatic carbocycles. The van der Waals surface area contributed by atoms with Crippen LogP contribution in [0.25, 0.3) is 0 Å². The first kappa shape index (κ1) is 63.0. The number of hydrogen-bond acceptors (Lipinski definition) is 20. The average molecular weight is 1220 g/mol. The molecular formula is C69H70O20. The molecule has 16 atom stereocenters. The van der Waals surface area contributed by atoms with E-state index in [2.05, 4.69) is 0 Å². The fourth-order valence-corrected chi connectivity index (χ4v) is 10.8. The number of esters is 3. The summed E-state index contributed by atoms with van der Waals surface area (Å²) in [5.74, 6) is -2.48. The summed E-state index contributed by atoms with van der Waals surface area (Å²) < 4.78 is 88.6. The van der Waals surface area contributed by atoms with Gasteiger partial charge in [0.2, 0.25) is 0 Å². The lowest BCUT2D eigenvalue weighted by Crippen LogP contribution is -2.47. The Balaban J connectivity index is 0.886. The summed E-state index contributed by atoms with van der Waals surface area (Å²) >= 11 is 0. The van der Waals surface area contributed by atoms with E-state index in [1.165, 1.54) is 24.3 Å². The number of rotatable bonds is 28. The third-order valence-electron chi connectivity index (χ3n) is 15.4. The Labute approximate surface area is 514 Å². The Hall–Kier alpha value is -7.61. The van der Waals surface area contributed by atoms with E-state index in [0.29, 0.717) is 0 Å². The van der Waals surface area contributed by atoms with Crippen molar-refractivity contribution in [2.75, 3.05) is 26.4 Å². The highest BCUT2D eigenvalue weighted by atomic mass is 16.8. The highest BCUT2D eigenvalue weighted by Gasteiger charge is 2.56. The minimum atomic E-state index is -1.83. The lowest BCUT2D eigenvalue weighted by atomic mass is 10.1. The van der Waals surface area contributed by atoms with Gasteiger partial charge in [-0.2, -0.15) is 0 Å². The van der Waals surface area contributed by atoms with E-state index in [1.807, 2.05) is 121 Å². The van der Waals surface area contributed by atoms with E-state index < -0.39 is 130 Å². The van der Waals surface area contributed by atoms with E-state index in [-0.39, 0.29) is 56.3 Å². The van der Waals surface area contributed by atoms with Crippen LogP contribution in [0.2, 0.25) is 0 Å². The lowest BCUT2D eigenvalue weighted by Gasteiger charge is -2.29. The van der Waals surface area contributed by atoms with Crippen LogP contribution in [0.4, 0.5) is 0 Å². The normalized spacial score (nSPS) is 28.1. The van der Waals surface area contributed by atoms with E-state index in [4.69, 9.17) is 66.3 Å². The van der Waals surface area contributed by atoms with Gasteiger partial charge in [-0.25, -0.2) is 14.4 Å². The van der Waals surface area contributed by atoms with Crippen LogP contribution in [-0.4, -0.2) is 158 Å². The van der Waals surface area contributed by atoms with Gasteiger partial charge in [-0.05, 0) is 58.7 Å². The van der Waals surface area contributed by atoms with Crippen LogP contribution >= 0.6 is 0 Å². The Kier molecular flexibility index (Phi) is 22.1. The van der Waals surface area contributed by atoms with Crippen LogP contribution in [0.1, 0.15) is 53.3 Å². The number of carbonyl (C=O) groups excluding carboxylic acids is 3. The van der Waals surface area contributed by atoms with Crippen molar-refractivity contribution >= 4 is 17.9 Å². The van der Waals surface area contributed by atoms with E-state index in [1.54, 1.807) is 66.7 Å². The van der Waals surface area contributed by atoms with Crippen molar-refractivity contribution < 1.29 is 96.0 Å². The van der Waals surface area contributed by atoms with Gasteiger partial charge >= 0.3 is 17.9 Å². The molecule has 89 heavy (non-hydrogen) atoms. The van der Waals surface area contributed by atoms with Gasteiger partial charge in [-0.1, -0.05) is 176 Å². The van der Waals surface area contributed by atoms with Crippen molar-refractivity contribution in [3.05, 3.63) is 251 Å². The van der Waals surface area contributed by atoms with E-state index in [9.17, 15) is 29.7 Å². The van der Waals surface area contributed by atoms with Crippen LogP contribution < -0.4 is 0 Å². The molecule has 20 nitrogen and oxygen atoms in total. The zero-order valence-electron chi connectivity index (χ0n) is 48.4. The SMILES string of the molecule is O=C(O[C@@H]1[C@@H](OC[C@H]2O[C@H](O)[C@@H](OC(=O)c3ccccc3)[C@@H]2OC(=O)c2ccccc2)O[C@H](CO[C@H]2O[C@H](COCc3ccccc3)[C@@H](OCc3ccccc3)[C@@H]2O)[C@H]1O[C@H]1O[C@H](COCc2ccccc2)[C@@H](OCc2ccccc2)[C@@H]1O)c1ccccc1. The first-order chi connectivity index (χ1) is 43.6. The van der Waals surface area contributed by atoms with E-state index >= 15 is 0 Å². The molecule has 466 valence electrons. The minimum absolute atomic E-state index is 0.0108. The van der Waals surface area contributed by atoms with Crippen LogP contribution in [0, 0.1) is 0 Å². The van der Waals surface area contributed by atoms with Crippen molar-refractivity contribution in [1.29, 1.82) is 0 Å². The maximum Gasteiger partial charge on any atom is 0.338 e. The lowest BCUT2D eigenvalue weighted by molar-refractivity contribution is -0.229. The molecule has 0 radical (unpaired) electrons. The second-order valence-electron chi connectivity index (χ2n) is 21.7. The average Bonchev–Trinajstić information content (AvgIpc) is 2.30. The second-order valence-corrected chi connectivity index (χ2v) is 21.7. The fourth-order valence-electron chi connectivity index (χ4n) is 10.8. The van der Waals surface area contributed by atoms with Gasteiger partial charge < -0.3 is 81.6 Å². The van der Waals surface area contributed by atoms with Gasteiger partial charge in [0.05, 0.1) is 69.5 Å². The minimum Gasteiger partial charge on any atom is -0.452 e. The molecule has 0 bridgehead atoms. The van der Waals surface area contributed by atoms with Crippen molar-refractivity contribution in [1.82, 2.24) is 0 Å². The third kappa shape index (κ3) is 16.6. The highest BCUT2D eigenvalue weighted by Crippen LogP contribution is 2.37. The molecule has 4 aliphatic rings. The molecule has 7 aromatic carbocycles. The van der Waals surface area contributed by atoms with Gasteiger partial charge in [0, 0.05) is 0 Å². The summed E-state index contributed by atoms with van der Waals surface area (Å²) in [6, 6.07) is 62.2. The van der Waals surface area contributed by atoms with E-state index in [0.717, 1.165) is 22.3 Å². The predicted octanol–water partition coefficient (Wildman–Crippen LogP) is 7.30. The van der Waals surface area contributed by atoms with Gasteiger partial charge in [0.25, 0.3) is 0 Å². The first-order valence-corrected chi connectivity index (χ1v) is 29.5. The molecular weight excluding hydrogens is 1150 g/mol.